The van der Waals surface area contributed by atoms with Crippen LogP contribution in [-0.2, 0) is 21.6 Å². The molecule has 1 N–H and O–H groups in total. The molecule has 1 atom stereocenters. The first-order chi connectivity index (χ1) is 18.7. The number of aryl methyl sites for hydroxylation is 1. The Kier molecular flexibility index (Phi) is 6.05. The van der Waals surface area contributed by atoms with Crippen molar-refractivity contribution in [3.05, 3.63) is 111 Å². The average Bonchev–Trinajstić information content (AvgIpc) is 3.22. The van der Waals surface area contributed by atoms with Crippen LogP contribution in [0.1, 0.15) is 46.0 Å². The molecule has 4 aromatic rings. The third-order valence-electron chi connectivity index (χ3n) is 7.30. The van der Waals surface area contributed by atoms with Crippen molar-refractivity contribution in [3.8, 4) is 17.2 Å². The van der Waals surface area contributed by atoms with Crippen molar-refractivity contribution >= 4 is 46.3 Å². The van der Waals surface area contributed by atoms with Crippen molar-refractivity contribution in [2.24, 2.45) is 0 Å². The summed E-state index contributed by atoms with van der Waals surface area (Å²) in [5, 5.41) is 10.9. The van der Waals surface area contributed by atoms with E-state index in [2.05, 4.69) is 0 Å². The lowest BCUT2D eigenvalue weighted by Gasteiger charge is -2.37. The second-order valence-corrected chi connectivity index (χ2v) is 10.6. The number of fused-ring (bicyclic) bond motifs is 6. The Labute approximate surface area is 235 Å². The van der Waals surface area contributed by atoms with Gasteiger partial charge in [-0.1, -0.05) is 53.5 Å². The minimum atomic E-state index is -1.35. The lowest BCUT2D eigenvalue weighted by atomic mass is 9.77. The molecule has 8 heteroatoms. The molecule has 0 saturated carbocycles. The van der Waals surface area contributed by atoms with Crippen molar-refractivity contribution in [2.75, 3.05) is 11.9 Å². The molecule has 39 heavy (non-hydrogen) atoms. The van der Waals surface area contributed by atoms with Gasteiger partial charge in [0.25, 0.3) is 0 Å². The van der Waals surface area contributed by atoms with Gasteiger partial charge in [-0.25, -0.2) is 4.79 Å². The van der Waals surface area contributed by atoms with Crippen molar-refractivity contribution < 1.29 is 24.2 Å². The number of ketones is 1. The van der Waals surface area contributed by atoms with Crippen molar-refractivity contribution in [1.82, 2.24) is 0 Å². The fraction of sp³-hybridized carbons (Fsp3) is 0.161. The third-order valence-corrected chi connectivity index (χ3v) is 7.90. The number of phenolic OH excluding ortho intramolecular Hbond substituents is 1. The lowest BCUT2D eigenvalue weighted by molar-refractivity contribution is -0.116. The first-order valence-electron chi connectivity index (χ1n) is 12.4. The fourth-order valence-electron chi connectivity index (χ4n) is 5.29. The van der Waals surface area contributed by atoms with E-state index in [9.17, 15) is 14.7 Å². The zero-order chi connectivity index (χ0) is 27.5. The fourth-order valence-corrected chi connectivity index (χ4v) is 5.74. The zero-order valence-electron chi connectivity index (χ0n) is 21.1. The quantitative estimate of drug-likeness (QED) is 0.254. The van der Waals surface area contributed by atoms with Gasteiger partial charge in [0.2, 0.25) is 0 Å². The van der Waals surface area contributed by atoms with E-state index < -0.39 is 11.6 Å². The van der Waals surface area contributed by atoms with Crippen molar-refractivity contribution in [3.63, 3.8) is 0 Å². The largest absolute Gasteiger partial charge is 0.506 e. The normalized spacial score (nSPS) is 16.7. The number of carbonyl (C=O) groups excluding carboxylic acids is 2. The molecule has 0 bridgehead atoms. The molecule has 0 saturated heterocycles. The van der Waals surface area contributed by atoms with Crippen LogP contribution >= 0.6 is 23.2 Å². The molecular weight excluding hydrogens is 537 g/mol. The summed E-state index contributed by atoms with van der Waals surface area (Å²) in [6.45, 7) is 1.59. The van der Waals surface area contributed by atoms with Gasteiger partial charge in [-0.3, -0.25) is 0 Å². The Balaban J connectivity index is 1.48. The average molecular weight is 560 g/mol. The van der Waals surface area contributed by atoms with E-state index in [1.807, 2.05) is 48.3 Å². The van der Waals surface area contributed by atoms with Gasteiger partial charge < -0.3 is 24.3 Å². The van der Waals surface area contributed by atoms with Crippen LogP contribution in [0.2, 0.25) is 10.0 Å². The predicted octanol–water partition coefficient (Wildman–Crippen LogP) is 7.56. The van der Waals surface area contributed by atoms with E-state index in [0.717, 1.165) is 11.3 Å². The number of halogens is 2. The first-order valence-corrected chi connectivity index (χ1v) is 13.1. The zero-order valence-corrected chi connectivity index (χ0v) is 22.6. The Morgan fingerprint density at radius 2 is 1.59 bits per heavy atom. The van der Waals surface area contributed by atoms with Crippen LogP contribution < -0.4 is 9.64 Å². The summed E-state index contributed by atoms with van der Waals surface area (Å²) in [5.41, 5.74) is 3.39. The molecule has 0 fully saturated rings. The summed E-state index contributed by atoms with van der Waals surface area (Å²) in [6, 6.07) is 21.6. The molecule has 196 valence electrons. The Bertz CT molecular complexity index is 1670. The monoisotopic (exact) mass is 559 g/mol. The highest BCUT2D eigenvalue weighted by molar-refractivity contribution is 6.33. The van der Waals surface area contributed by atoms with Gasteiger partial charge in [-0.2, -0.15) is 0 Å². The van der Waals surface area contributed by atoms with E-state index in [0.29, 0.717) is 57.3 Å². The number of Topliss-reactive ketones (excluding diaryl/α,β-unsaturated/α-hetero) is 1. The van der Waals surface area contributed by atoms with Gasteiger partial charge in [0, 0.05) is 48.0 Å². The molecule has 0 aromatic heterocycles. The molecule has 0 amide bonds. The number of phenols is 1. The number of carbonyl (C=O) groups is 2. The number of rotatable bonds is 5. The van der Waals surface area contributed by atoms with E-state index in [-0.39, 0.29) is 16.6 Å². The maximum atomic E-state index is 13.1. The minimum absolute atomic E-state index is 0.106. The molecule has 0 aliphatic carbocycles. The second kappa shape index (κ2) is 9.33. The Morgan fingerprint density at radius 3 is 2.31 bits per heavy atom. The molecule has 1 unspecified atom stereocenters. The smallest absolute Gasteiger partial charge is 0.340 e. The van der Waals surface area contributed by atoms with Gasteiger partial charge in [0.15, 0.2) is 5.60 Å². The lowest BCUT2D eigenvalue weighted by Crippen LogP contribution is -2.33. The maximum Gasteiger partial charge on any atom is 0.340 e. The van der Waals surface area contributed by atoms with Gasteiger partial charge in [-0.15, -0.1) is 0 Å². The molecular formula is C31H23Cl2NO5. The van der Waals surface area contributed by atoms with E-state index >= 15 is 0 Å². The van der Waals surface area contributed by atoms with Crippen LogP contribution in [0, 0.1) is 0 Å². The molecule has 6 rings (SSSR count). The van der Waals surface area contributed by atoms with E-state index in [1.165, 1.54) is 6.07 Å². The van der Waals surface area contributed by atoms with Crippen LogP contribution in [0.5, 0.6) is 17.2 Å². The van der Waals surface area contributed by atoms with Crippen LogP contribution in [0.25, 0.3) is 0 Å². The molecule has 2 heterocycles. The number of ether oxygens (including phenoxy) is 2. The van der Waals surface area contributed by atoms with Crippen molar-refractivity contribution in [1.29, 1.82) is 0 Å². The van der Waals surface area contributed by atoms with E-state index in [1.54, 1.807) is 37.3 Å². The summed E-state index contributed by atoms with van der Waals surface area (Å²) in [7, 11) is 1.89. The Hall–Kier alpha value is -4.00. The van der Waals surface area contributed by atoms with Crippen LogP contribution in [-0.4, -0.2) is 23.9 Å². The Morgan fingerprint density at radius 1 is 0.923 bits per heavy atom. The molecule has 0 radical (unpaired) electrons. The standard InChI is InChI=1S/C31H23Cl2NO5/c1-17(35)7-8-18-9-11-19(12-10-18)34(2)26-15-28-22(13-24(26)32)31(21-6-4-3-5-20(21)30(37)39-31)23-14-25(33)27(36)16-29(23)38-28/h3-6,9-16,36H,7-8H2,1-2H3. The van der Waals surface area contributed by atoms with Gasteiger partial charge >= 0.3 is 5.97 Å². The van der Waals surface area contributed by atoms with Gasteiger partial charge in [0.1, 0.15) is 23.0 Å². The number of esters is 1. The summed E-state index contributed by atoms with van der Waals surface area (Å²) >= 11 is 13.2. The number of hydrogen-bond acceptors (Lipinski definition) is 6. The van der Waals surface area contributed by atoms with Crippen molar-refractivity contribution in [2.45, 2.75) is 25.4 Å². The molecule has 6 nitrogen and oxygen atoms in total. The number of hydrogen-bond donors (Lipinski definition) is 1. The second-order valence-electron chi connectivity index (χ2n) is 9.75. The van der Waals surface area contributed by atoms with Gasteiger partial charge in [-0.05, 0) is 49.2 Å². The number of benzene rings is 4. The highest BCUT2D eigenvalue weighted by Gasteiger charge is 2.54. The highest BCUT2D eigenvalue weighted by Crippen LogP contribution is 2.58. The van der Waals surface area contributed by atoms with Gasteiger partial charge in [0.05, 0.1) is 21.3 Å². The molecule has 2 aliphatic heterocycles. The third kappa shape index (κ3) is 4.03. The summed E-state index contributed by atoms with van der Waals surface area (Å²) in [4.78, 5) is 26.3. The summed E-state index contributed by atoms with van der Waals surface area (Å²) in [6.07, 6.45) is 1.19. The molecule has 4 aromatic carbocycles. The number of nitrogens with zero attached hydrogens (tertiary/aromatic N) is 1. The summed E-state index contributed by atoms with van der Waals surface area (Å²) < 4.78 is 12.4. The summed E-state index contributed by atoms with van der Waals surface area (Å²) in [5.74, 6) is 0.277. The number of aromatic hydroxyl groups is 1. The molecule has 2 aliphatic rings. The minimum Gasteiger partial charge on any atom is -0.506 e. The first kappa shape index (κ1) is 25.3. The predicted molar refractivity (Wildman–Crippen MR) is 150 cm³/mol. The number of anilines is 2. The topological polar surface area (TPSA) is 76.1 Å². The maximum absolute atomic E-state index is 13.1. The molecule has 1 spiro atoms. The SMILES string of the molecule is CC(=O)CCc1ccc(N(C)c2cc3c(cc2Cl)C2(OC(=O)c4ccccc42)c2cc(Cl)c(O)cc2O3)cc1. The highest BCUT2D eigenvalue weighted by atomic mass is 35.5. The van der Waals surface area contributed by atoms with Crippen LogP contribution in [0.4, 0.5) is 11.4 Å². The van der Waals surface area contributed by atoms with Crippen LogP contribution in [0.15, 0.2) is 72.8 Å². The van der Waals surface area contributed by atoms with Crippen LogP contribution in [0.3, 0.4) is 0 Å². The van der Waals surface area contributed by atoms with E-state index in [4.69, 9.17) is 32.7 Å².